The van der Waals surface area contributed by atoms with Crippen LogP contribution in [0, 0.1) is 0 Å². The van der Waals surface area contributed by atoms with E-state index in [0.717, 1.165) is 22.0 Å². The molecular weight excluding hydrogens is 562 g/mol. The maximum Gasteiger partial charge on any atom is 0.303 e. The van der Waals surface area contributed by atoms with E-state index < -0.39 is 47.9 Å². The summed E-state index contributed by atoms with van der Waals surface area (Å²) in [6.45, 7) is 0.364. The van der Waals surface area contributed by atoms with Gasteiger partial charge < -0.3 is 30.9 Å². The number of aliphatic carboxylic acids is 1. The van der Waals surface area contributed by atoms with Crippen LogP contribution in [0.15, 0.2) is 72.9 Å². The number of amides is 4. The Morgan fingerprint density at radius 2 is 1.55 bits per heavy atom. The van der Waals surface area contributed by atoms with Crippen molar-refractivity contribution in [2.75, 3.05) is 6.54 Å². The molecular formula is C33H37N5O6. The van der Waals surface area contributed by atoms with Gasteiger partial charge in [-0.3, -0.25) is 24.0 Å². The summed E-state index contributed by atoms with van der Waals surface area (Å²) < 4.78 is 0. The number of benzene rings is 2. The third-order valence-corrected chi connectivity index (χ3v) is 8.16. The van der Waals surface area contributed by atoms with E-state index in [2.05, 4.69) is 20.9 Å². The predicted octanol–water partition coefficient (Wildman–Crippen LogP) is 2.22. The first-order chi connectivity index (χ1) is 21.3. The molecule has 2 saturated heterocycles. The fraction of sp³-hybridized carbons (Fsp3) is 0.364. The molecule has 11 heteroatoms. The van der Waals surface area contributed by atoms with Gasteiger partial charge in [0.05, 0.1) is 0 Å². The first-order valence-electron chi connectivity index (χ1n) is 15.0. The number of rotatable bonds is 9. The number of nitrogens with one attached hydrogen (secondary N) is 4. The molecule has 2 aromatic carbocycles. The van der Waals surface area contributed by atoms with Crippen LogP contribution in [0.4, 0.5) is 0 Å². The predicted molar refractivity (Wildman–Crippen MR) is 163 cm³/mol. The Kier molecular flexibility index (Phi) is 9.73. The second-order valence-electron chi connectivity index (χ2n) is 11.3. The van der Waals surface area contributed by atoms with Crippen molar-refractivity contribution in [1.82, 2.24) is 25.8 Å². The third-order valence-electron chi connectivity index (χ3n) is 8.16. The van der Waals surface area contributed by atoms with Crippen molar-refractivity contribution in [3.63, 3.8) is 0 Å². The average molecular weight is 600 g/mol. The molecule has 44 heavy (non-hydrogen) atoms. The van der Waals surface area contributed by atoms with E-state index in [1.165, 1.54) is 4.90 Å². The van der Waals surface area contributed by atoms with Gasteiger partial charge in [0.1, 0.15) is 24.2 Å². The van der Waals surface area contributed by atoms with Crippen LogP contribution in [-0.2, 0) is 36.8 Å². The molecule has 2 aliphatic heterocycles. The van der Waals surface area contributed by atoms with Crippen LogP contribution in [-0.4, -0.2) is 75.3 Å². The molecule has 0 aliphatic carbocycles. The number of aromatic amines is 1. The standard InChI is InChI=1S/C33H37N5O6/c39-29(40)16-6-2-5-14-25-30(41)37-27(19-22-20-34-24-13-8-7-12-23(22)24)33(44)38-17-9-15-28(38)32(43)36-26(31(42)35-25)18-21-10-3-1-4-11-21/h1-5,7-8,10-13,20,25-28,34H,6,9,14-19H2,(H,35,42)(H,36,43)(H,37,41)(H,39,40)/b5-2-/t25-,26-,27-,28+/m0/s1. The zero-order valence-electron chi connectivity index (χ0n) is 24.3. The Bertz CT molecular complexity index is 1550. The third kappa shape index (κ3) is 7.34. The molecule has 0 spiro atoms. The summed E-state index contributed by atoms with van der Waals surface area (Å²) in [7, 11) is 0. The fourth-order valence-corrected chi connectivity index (χ4v) is 5.88. The summed E-state index contributed by atoms with van der Waals surface area (Å²) in [6, 6.07) is 13.1. The summed E-state index contributed by atoms with van der Waals surface area (Å²) in [5.74, 6) is -2.77. The van der Waals surface area contributed by atoms with Crippen LogP contribution in [0.2, 0.25) is 0 Å². The molecule has 0 bridgehead atoms. The number of carboxylic acid groups (broad SMARTS) is 1. The molecule has 4 amide bonds. The van der Waals surface area contributed by atoms with E-state index in [-0.39, 0.29) is 38.0 Å². The molecule has 1 aromatic heterocycles. The second-order valence-corrected chi connectivity index (χ2v) is 11.3. The highest BCUT2D eigenvalue weighted by Gasteiger charge is 2.40. The monoisotopic (exact) mass is 599 g/mol. The molecule has 5 N–H and O–H groups in total. The van der Waals surface area contributed by atoms with Gasteiger partial charge >= 0.3 is 5.97 Å². The molecule has 5 rings (SSSR count). The lowest BCUT2D eigenvalue weighted by Crippen LogP contribution is -2.61. The minimum atomic E-state index is -1.06. The highest BCUT2D eigenvalue weighted by molar-refractivity contribution is 5.98. The average Bonchev–Trinajstić information content (AvgIpc) is 3.67. The van der Waals surface area contributed by atoms with Crippen molar-refractivity contribution >= 4 is 40.5 Å². The number of nitrogens with zero attached hydrogens (tertiary/aromatic N) is 1. The smallest absolute Gasteiger partial charge is 0.303 e. The maximum absolute atomic E-state index is 14.1. The van der Waals surface area contributed by atoms with Gasteiger partial charge in [-0.25, -0.2) is 0 Å². The lowest BCUT2D eigenvalue weighted by molar-refractivity contribution is -0.143. The Hall–Kier alpha value is -4.93. The quantitative estimate of drug-likeness (QED) is 0.237. The van der Waals surface area contributed by atoms with E-state index >= 15 is 0 Å². The lowest BCUT2D eigenvalue weighted by Gasteiger charge is -2.32. The number of para-hydroxylation sites is 1. The number of fused-ring (bicyclic) bond motifs is 2. The zero-order chi connectivity index (χ0) is 31.1. The molecule has 0 radical (unpaired) electrons. The van der Waals surface area contributed by atoms with Crippen molar-refractivity contribution in [3.05, 3.63) is 84.1 Å². The van der Waals surface area contributed by atoms with Crippen LogP contribution in [0.3, 0.4) is 0 Å². The summed E-state index contributed by atoms with van der Waals surface area (Å²) in [6.07, 6.45) is 6.84. The van der Waals surface area contributed by atoms with E-state index in [1.807, 2.05) is 60.8 Å². The number of carboxylic acids is 1. The van der Waals surface area contributed by atoms with Gasteiger partial charge in [-0.1, -0.05) is 60.7 Å². The number of H-pyrrole nitrogens is 1. The van der Waals surface area contributed by atoms with E-state index in [4.69, 9.17) is 5.11 Å². The highest BCUT2D eigenvalue weighted by Crippen LogP contribution is 2.23. The number of allylic oxidation sites excluding steroid dienone is 1. The lowest BCUT2D eigenvalue weighted by atomic mass is 10.0. The van der Waals surface area contributed by atoms with Crippen LogP contribution < -0.4 is 16.0 Å². The van der Waals surface area contributed by atoms with E-state index in [0.29, 0.717) is 19.4 Å². The molecule has 4 atom stereocenters. The number of hydrogen-bond donors (Lipinski definition) is 5. The molecule has 3 aromatic rings. The van der Waals surface area contributed by atoms with Gasteiger partial charge in [0.2, 0.25) is 23.6 Å². The van der Waals surface area contributed by atoms with E-state index in [9.17, 15) is 24.0 Å². The van der Waals surface area contributed by atoms with E-state index in [1.54, 1.807) is 12.2 Å². The molecule has 3 heterocycles. The molecule has 11 nitrogen and oxygen atoms in total. The number of carbonyl (C=O) groups is 5. The van der Waals surface area contributed by atoms with Crippen LogP contribution in [0.25, 0.3) is 10.9 Å². The number of aromatic nitrogens is 1. The van der Waals surface area contributed by atoms with Crippen LogP contribution in [0.5, 0.6) is 0 Å². The molecule has 0 saturated carbocycles. The summed E-state index contributed by atoms with van der Waals surface area (Å²) in [4.78, 5) is 70.8. The Labute approximate surface area is 255 Å². The van der Waals surface area contributed by atoms with Gasteiger partial charge in [-0.2, -0.15) is 0 Å². The van der Waals surface area contributed by atoms with Crippen molar-refractivity contribution < 1.29 is 29.1 Å². The number of hydrogen-bond acceptors (Lipinski definition) is 5. The summed E-state index contributed by atoms with van der Waals surface area (Å²) in [5, 5.41) is 18.4. The summed E-state index contributed by atoms with van der Waals surface area (Å²) in [5.41, 5.74) is 2.56. The molecule has 0 unspecified atom stereocenters. The first-order valence-corrected chi connectivity index (χ1v) is 15.0. The summed E-state index contributed by atoms with van der Waals surface area (Å²) >= 11 is 0. The molecule has 2 fully saturated rings. The zero-order valence-corrected chi connectivity index (χ0v) is 24.3. The molecule has 230 valence electrons. The molecule has 2 aliphatic rings. The van der Waals surface area contributed by atoms with Gasteiger partial charge in [0, 0.05) is 42.9 Å². The van der Waals surface area contributed by atoms with Crippen LogP contribution >= 0.6 is 0 Å². The highest BCUT2D eigenvalue weighted by atomic mass is 16.4. The SMILES string of the molecule is O=C(O)CC/C=C\C[C@@H]1NC(=O)[C@H](Cc2ccccc2)NC(=O)[C@H]2CCCN2C(=O)[C@H](Cc2c[nH]c3ccccc23)NC1=O. The van der Waals surface area contributed by atoms with Crippen molar-refractivity contribution in [2.45, 2.75) is 69.1 Å². The first kappa shape index (κ1) is 30.5. The normalized spacial score (nSPS) is 23.0. The number of carbonyl (C=O) groups excluding carboxylic acids is 4. The Morgan fingerprint density at radius 3 is 2.34 bits per heavy atom. The Balaban J connectivity index is 1.46. The van der Waals surface area contributed by atoms with Gasteiger partial charge in [0.25, 0.3) is 0 Å². The van der Waals surface area contributed by atoms with Crippen molar-refractivity contribution in [2.24, 2.45) is 0 Å². The minimum Gasteiger partial charge on any atom is -0.481 e. The Morgan fingerprint density at radius 1 is 0.841 bits per heavy atom. The fourth-order valence-electron chi connectivity index (χ4n) is 5.88. The van der Waals surface area contributed by atoms with Gasteiger partial charge in [-0.15, -0.1) is 0 Å². The second kappa shape index (κ2) is 14.0. The minimum absolute atomic E-state index is 0.0664. The maximum atomic E-state index is 14.1. The van der Waals surface area contributed by atoms with Gasteiger partial charge in [-0.05, 0) is 42.9 Å². The van der Waals surface area contributed by atoms with Crippen molar-refractivity contribution in [1.29, 1.82) is 0 Å². The van der Waals surface area contributed by atoms with Crippen LogP contribution in [0.1, 0.15) is 43.2 Å². The van der Waals surface area contributed by atoms with Crippen molar-refractivity contribution in [3.8, 4) is 0 Å². The largest absolute Gasteiger partial charge is 0.481 e. The topological polar surface area (TPSA) is 161 Å². The van der Waals surface area contributed by atoms with Gasteiger partial charge in [0.15, 0.2) is 0 Å².